The average molecular weight is 413 g/mol. The highest BCUT2D eigenvalue weighted by atomic mass is 32.2. The van der Waals surface area contributed by atoms with E-state index < -0.39 is 17.9 Å². The Labute approximate surface area is 172 Å². The van der Waals surface area contributed by atoms with Crippen molar-refractivity contribution in [2.24, 2.45) is 0 Å². The molecule has 0 bridgehead atoms. The smallest absolute Gasteiger partial charge is 0.317 e. The molecule has 0 spiro atoms. The number of aromatic nitrogens is 3. The fourth-order valence-corrected chi connectivity index (χ4v) is 3.52. The molecule has 6 nitrogen and oxygen atoms in total. The van der Waals surface area contributed by atoms with Crippen molar-refractivity contribution in [1.82, 2.24) is 14.8 Å². The highest BCUT2D eigenvalue weighted by molar-refractivity contribution is 7.99. The minimum Gasteiger partial charge on any atom is -0.454 e. The maximum atomic E-state index is 13.0. The van der Waals surface area contributed by atoms with Crippen LogP contribution in [0.5, 0.6) is 0 Å². The van der Waals surface area contributed by atoms with Crippen LogP contribution in [-0.2, 0) is 16.1 Å². The second-order valence-corrected chi connectivity index (χ2v) is 7.15. The molecule has 3 rings (SSSR count). The van der Waals surface area contributed by atoms with Gasteiger partial charge in [0.15, 0.2) is 17.1 Å². The van der Waals surface area contributed by atoms with E-state index in [1.54, 1.807) is 0 Å². The van der Waals surface area contributed by atoms with Gasteiger partial charge in [-0.05, 0) is 38.1 Å². The number of hydrogen-bond donors (Lipinski definition) is 0. The van der Waals surface area contributed by atoms with Crippen LogP contribution in [0.25, 0.3) is 11.4 Å². The molecular formula is C21H20FN3O3S. The molecule has 2 aromatic carbocycles. The van der Waals surface area contributed by atoms with E-state index in [9.17, 15) is 14.0 Å². The number of halogens is 1. The van der Waals surface area contributed by atoms with Gasteiger partial charge in [-0.1, -0.05) is 42.1 Å². The molecular weight excluding hydrogens is 393 g/mol. The molecule has 150 valence electrons. The van der Waals surface area contributed by atoms with Crippen LogP contribution in [-0.4, -0.2) is 38.4 Å². The standard InChI is InChI=1S/C21H20FN3O3S/c1-3-25-20(16-7-5-4-6-8-16)23-24-21(25)29-13-18(26)28-14(2)19(27)15-9-11-17(22)12-10-15/h4-12,14H,3,13H2,1-2H3/t14-/m1/s1. The number of ether oxygens (including phenoxy) is 1. The van der Waals surface area contributed by atoms with Crippen molar-refractivity contribution in [2.45, 2.75) is 31.7 Å². The number of rotatable bonds is 8. The third kappa shape index (κ3) is 5.08. The highest BCUT2D eigenvalue weighted by Crippen LogP contribution is 2.24. The molecule has 0 saturated heterocycles. The van der Waals surface area contributed by atoms with E-state index in [2.05, 4.69) is 10.2 Å². The second kappa shape index (κ2) is 9.47. The third-order valence-electron chi connectivity index (χ3n) is 4.19. The highest BCUT2D eigenvalue weighted by Gasteiger charge is 2.21. The number of carbonyl (C=O) groups excluding carboxylic acids is 2. The molecule has 0 aliphatic carbocycles. The summed E-state index contributed by atoms with van der Waals surface area (Å²) in [4.78, 5) is 24.5. The largest absolute Gasteiger partial charge is 0.454 e. The van der Waals surface area contributed by atoms with Crippen LogP contribution in [0.3, 0.4) is 0 Å². The average Bonchev–Trinajstić information content (AvgIpc) is 3.16. The Kier molecular flexibility index (Phi) is 6.77. The van der Waals surface area contributed by atoms with Crippen LogP contribution in [0.15, 0.2) is 59.8 Å². The molecule has 0 saturated carbocycles. The molecule has 0 unspecified atom stereocenters. The van der Waals surface area contributed by atoms with E-state index in [0.29, 0.717) is 11.7 Å². The number of Topliss-reactive ketones (excluding diaryl/α,β-unsaturated/α-hetero) is 1. The first kappa shape index (κ1) is 20.7. The van der Waals surface area contributed by atoms with Crippen molar-refractivity contribution in [3.05, 3.63) is 66.0 Å². The van der Waals surface area contributed by atoms with Gasteiger partial charge in [0.05, 0.1) is 5.75 Å². The summed E-state index contributed by atoms with van der Waals surface area (Å²) in [5.74, 6) is -0.633. The molecule has 0 aliphatic rings. The maximum Gasteiger partial charge on any atom is 0.317 e. The van der Waals surface area contributed by atoms with Crippen molar-refractivity contribution in [1.29, 1.82) is 0 Å². The Morgan fingerprint density at radius 3 is 2.45 bits per heavy atom. The first-order valence-corrected chi connectivity index (χ1v) is 10.1. The predicted octanol–water partition coefficient (Wildman–Crippen LogP) is 4.01. The lowest BCUT2D eigenvalue weighted by molar-refractivity contribution is -0.143. The van der Waals surface area contributed by atoms with Crippen LogP contribution >= 0.6 is 11.8 Å². The molecule has 0 radical (unpaired) electrons. The molecule has 1 heterocycles. The number of hydrogen-bond acceptors (Lipinski definition) is 6. The summed E-state index contributed by atoms with van der Waals surface area (Å²) < 4.78 is 20.1. The van der Waals surface area contributed by atoms with Crippen molar-refractivity contribution >= 4 is 23.5 Å². The Hall–Kier alpha value is -3.00. The molecule has 29 heavy (non-hydrogen) atoms. The van der Waals surface area contributed by atoms with Crippen molar-refractivity contribution in [2.75, 3.05) is 5.75 Å². The summed E-state index contributed by atoms with van der Waals surface area (Å²) in [5, 5.41) is 9.00. The molecule has 0 fully saturated rings. The van der Waals surface area contributed by atoms with Gasteiger partial charge in [-0.3, -0.25) is 9.59 Å². The minimum absolute atomic E-state index is 0.00599. The van der Waals surface area contributed by atoms with Crippen LogP contribution in [0, 0.1) is 5.82 Å². The third-order valence-corrected chi connectivity index (χ3v) is 5.13. The van der Waals surface area contributed by atoms with Gasteiger partial charge in [-0.25, -0.2) is 4.39 Å². The van der Waals surface area contributed by atoms with Crippen molar-refractivity contribution in [3.8, 4) is 11.4 Å². The molecule has 1 aromatic heterocycles. The second-order valence-electron chi connectivity index (χ2n) is 6.21. The Balaban J connectivity index is 1.60. The topological polar surface area (TPSA) is 74.1 Å². The quantitative estimate of drug-likeness (QED) is 0.316. The van der Waals surface area contributed by atoms with Gasteiger partial charge in [0, 0.05) is 17.7 Å². The summed E-state index contributed by atoms with van der Waals surface area (Å²) in [7, 11) is 0. The van der Waals surface area contributed by atoms with E-state index in [-0.39, 0.29) is 17.1 Å². The molecule has 1 atom stereocenters. The Morgan fingerprint density at radius 2 is 1.79 bits per heavy atom. The normalized spacial score (nSPS) is 11.8. The first-order chi connectivity index (χ1) is 14.0. The van der Waals surface area contributed by atoms with E-state index in [0.717, 1.165) is 11.4 Å². The summed E-state index contributed by atoms with van der Waals surface area (Å²) in [5.41, 5.74) is 1.23. The van der Waals surface area contributed by atoms with Gasteiger partial charge in [0.1, 0.15) is 5.82 Å². The number of esters is 1. The Morgan fingerprint density at radius 1 is 1.10 bits per heavy atom. The van der Waals surface area contributed by atoms with Crippen molar-refractivity contribution in [3.63, 3.8) is 0 Å². The van der Waals surface area contributed by atoms with Gasteiger partial charge >= 0.3 is 5.97 Å². The summed E-state index contributed by atoms with van der Waals surface area (Å²) in [6.07, 6.45) is -0.961. The minimum atomic E-state index is -0.961. The van der Waals surface area contributed by atoms with Crippen LogP contribution < -0.4 is 0 Å². The van der Waals surface area contributed by atoms with E-state index in [1.165, 1.54) is 43.0 Å². The first-order valence-electron chi connectivity index (χ1n) is 9.10. The zero-order valence-corrected chi connectivity index (χ0v) is 16.9. The van der Waals surface area contributed by atoms with Crippen molar-refractivity contribution < 1.29 is 18.7 Å². The lowest BCUT2D eigenvalue weighted by Crippen LogP contribution is -2.25. The van der Waals surface area contributed by atoms with Gasteiger partial charge in [-0.15, -0.1) is 10.2 Å². The fourth-order valence-electron chi connectivity index (χ4n) is 2.74. The lowest BCUT2D eigenvalue weighted by atomic mass is 10.1. The number of ketones is 1. The number of carbonyl (C=O) groups is 2. The van der Waals surface area contributed by atoms with E-state index in [1.807, 2.05) is 41.8 Å². The van der Waals surface area contributed by atoms with E-state index >= 15 is 0 Å². The van der Waals surface area contributed by atoms with Crippen LogP contribution in [0.1, 0.15) is 24.2 Å². The van der Waals surface area contributed by atoms with Crippen LogP contribution in [0.2, 0.25) is 0 Å². The van der Waals surface area contributed by atoms with Gasteiger partial charge in [0.25, 0.3) is 0 Å². The SMILES string of the molecule is CCn1c(SCC(=O)O[C@H](C)C(=O)c2ccc(F)cc2)nnc1-c1ccccc1. The monoisotopic (exact) mass is 413 g/mol. The lowest BCUT2D eigenvalue weighted by Gasteiger charge is -2.12. The molecule has 3 aromatic rings. The molecule has 0 amide bonds. The summed E-state index contributed by atoms with van der Waals surface area (Å²) >= 11 is 1.20. The predicted molar refractivity (Wildman–Crippen MR) is 108 cm³/mol. The molecule has 8 heteroatoms. The Bertz CT molecular complexity index is 990. The zero-order chi connectivity index (χ0) is 20.8. The number of benzene rings is 2. The van der Waals surface area contributed by atoms with E-state index in [4.69, 9.17) is 4.74 Å². The summed E-state index contributed by atoms with van der Waals surface area (Å²) in [6, 6.07) is 14.8. The maximum absolute atomic E-state index is 13.0. The van der Waals surface area contributed by atoms with Gasteiger partial charge in [-0.2, -0.15) is 0 Å². The number of thioether (sulfide) groups is 1. The van der Waals surface area contributed by atoms with Crippen LogP contribution in [0.4, 0.5) is 4.39 Å². The van der Waals surface area contributed by atoms with Gasteiger partial charge < -0.3 is 9.30 Å². The zero-order valence-electron chi connectivity index (χ0n) is 16.0. The summed E-state index contributed by atoms with van der Waals surface area (Å²) in [6.45, 7) is 4.12. The number of nitrogens with zero attached hydrogens (tertiary/aromatic N) is 3. The fraction of sp³-hybridized carbons (Fsp3) is 0.238. The van der Waals surface area contributed by atoms with Gasteiger partial charge in [0.2, 0.25) is 5.78 Å². The molecule has 0 N–H and O–H groups in total. The molecule has 0 aliphatic heterocycles.